The third-order valence-corrected chi connectivity index (χ3v) is 3.38. The smallest absolute Gasteiger partial charge is 0.163 e. The van der Waals surface area contributed by atoms with Crippen LogP contribution in [0.15, 0.2) is 54.6 Å². The maximum absolute atomic E-state index is 5.93. The standard InChI is InChI=1S/C17H14ClN3/c1-2-15-19-16(12-6-4-3-5-7-12)21-17(20-15)13-8-10-14(18)11-9-13/h3-11H,2H2,1H3. The third kappa shape index (κ3) is 3.09. The highest BCUT2D eigenvalue weighted by Gasteiger charge is 2.09. The summed E-state index contributed by atoms with van der Waals surface area (Å²) in [6.45, 7) is 2.04. The molecule has 0 radical (unpaired) electrons. The van der Waals surface area contributed by atoms with Gasteiger partial charge in [-0.2, -0.15) is 0 Å². The predicted octanol–water partition coefficient (Wildman–Crippen LogP) is 4.42. The lowest BCUT2D eigenvalue weighted by Gasteiger charge is -2.06. The molecule has 21 heavy (non-hydrogen) atoms. The molecule has 0 aliphatic heterocycles. The summed E-state index contributed by atoms with van der Waals surface area (Å²) in [6, 6.07) is 17.5. The van der Waals surface area contributed by atoms with E-state index in [1.807, 2.05) is 61.5 Å². The largest absolute Gasteiger partial charge is 0.213 e. The zero-order valence-electron chi connectivity index (χ0n) is 11.6. The van der Waals surface area contributed by atoms with Crippen LogP contribution in [0.2, 0.25) is 5.02 Å². The van der Waals surface area contributed by atoms with Crippen molar-refractivity contribution in [3.05, 3.63) is 65.4 Å². The quantitative estimate of drug-likeness (QED) is 0.718. The lowest BCUT2D eigenvalue weighted by atomic mass is 10.2. The molecule has 0 saturated carbocycles. The van der Waals surface area contributed by atoms with Gasteiger partial charge in [-0.05, 0) is 24.3 Å². The fourth-order valence-corrected chi connectivity index (χ4v) is 2.15. The second kappa shape index (κ2) is 6.02. The molecular weight excluding hydrogens is 282 g/mol. The summed E-state index contributed by atoms with van der Waals surface area (Å²) in [5.41, 5.74) is 1.93. The van der Waals surface area contributed by atoms with Crippen molar-refractivity contribution in [2.45, 2.75) is 13.3 Å². The summed E-state index contributed by atoms with van der Waals surface area (Å²) in [5, 5.41) is 0.701. The SMILES string of the molecule is CCc1nc(-c2ccccc2)nc(-c2ccc(Cl)cc2)n1. The summed E-state index contributed by atoms with van der Waals surface area (Å²) in [6.07, 6.45) is 0.767. The van der Waals surface area contributed by atoms with Gasteiger partial charge in [0, 0.05) is 22.6 Å². The van der Waals surface area contributed by atoms with E-state index in [1.54, 1.807) is 0 Å². The molecule has 0 bridgehead atoms. The van der Waals surface area contributed by atoms with Gasteiger partial charge in [0.15, 0.2) is 11.6 Å². The van der Waals surface area contributed by atoms with Crippen LogP contribution in [0.25, 0.3) is 22.8 Å². The molecule has 0 saturated heterocycles. The molecule has 1 aromatic heterocycles. The summed E-state index contributed by atoms with van der Waals surface area (Å²) in [5.74, 6) is 2.17. The van der Waals surface area contributed by atoms with Crippen LogP contribution in [0.5, 0.6) is 0 Å². The Kier molecular flexibility index (Phi) is 3.93. The number of nitrogens with zero attached hydrogens (tertiary/aromatic N) is 3. The molecule has 0 unspecified atom stereocenters. The van der Waals surface area contributed by atoms with E-state index in [0.717, 1.165) is 23.4 Å². The molecule has 0 N–H and O–H groups in total. The molecule has 1 heterocycles. The fourth-order valence-electron chi connectivity index (χ4n) is 2.02. The first-order valence-corrected chi connectivity index (χ1v) is 7.20. The number of aryl methyl sites for hydroxylation is 1. The molecule has 2 aromatic carbocycles. The Morgan fingerprint density at radius 1 is 0.762 bits per heavy atom. The van der Waals surface area contributed by atoms with Crippen molar-refractivity contribution in [2.75, 3.05) is 0 Å². The minimum atomic E-state index is 0.678. The van der Waals surface area contributed by atoms with Crippen molar-refractivity contribution in [3.63, 3.8) is 0 Å². The summed E-state index contributed by atoms with van der Waals surface area (Å²) in [7, 11) is 0. The third-order valence-electron chi connectivity index (χ3n) is 3.13. The average molecular weight is 296 g/mol. The van der Waals surface area contributed by atoms with Gasteiger partial charge < -0.3 is 0 Å². The Hall–Kier alpha value is -2.26. The molecule has 3 aromatic rings. The summed E-state index contributed by atoms with van der Waals surface area (Å²) < 4.78 is 0. The minimum Gasteiger partial charge on any atom is -0.213 e. The summed E-state index contributed by atoms with van der Waals surface area (Å²) in [4.78, 5) is 13.6. The van der Waals surface area contributed by atoms with E-state index in [-0.39, 0.29) is 0 Å². The van der Waals surface area contributed by atoms with Crippen LogP contribution in [0.4, 0.5) is 0 Å². The van der Waals surface area contributed by atoms with E-state index in [4.69, 9.17) is 11.6 Å². The van der Waals surface area contributed by atoms with Gasteiger partial charge in [-0.25, -0.2) is 15.0 Å². The van der Waals surface area contributed by atoms with Crippen molar-refractivity contribution in [1.29, 1.82) is 0 Å². The van der Waals surface area contributed by atoms with Crippen LogP contribution in [0.3, 0.4) is 0 Å². The molecule has 104 valence electrons. The van der Waals surface area contributed by atoms with Crippen LogP contribution in [0.1, 0.15) is 12.7 Å². The van der Waals surface area contributed by atoms with Crippen LogP contribution in [-0.4, -0.2) is 15.0 Å². The molecular formula is C17H14ClN3. The van der Waals surface area contributed by atoms with Gasteiger partial charge in [-0.1, -0.05) is 48.9 Å². The molecule has 0 atom stereocenters. The Bertz CT molecular complexity index is 740. The Morgan fingerprint density at radius 3 is 1.90 bits per heavy atom. The van der Waals surface area contributed by atoms with E-state index >= 15 is 0 Å². The van der Waals surface area contributed by atoms with E-state index in [1.165, 1.54) is 0 Å². The lowest BCUT2D eigenvalue weighted by Crippen LogP contribution is -2.01. The molecule has 0 aliphatic rings. The maximum atomic E-state index is 5.93. The van der Waals surface area contributed by atoms with Crippen molar-refractivity contribution >= 4 is 11.6 Å². The van der Waals surface area contributed by atoms with Crippen LogP contribution in [0, 0.1) is 0 Å². The van der Waals surface area contributed by atoms with Crippen molar-refractivity contribution in [3.8, 4) is 22.8 Å². The minimum absolute atomic E-state index is 0.678. The molecule has 0 amide bonds. The van der Waals surface area contributed by atoms with E-state index in [9.17, 15) is 0 Å². The maximum Gasteiger partial charge on any atom is 0.163 e. The fraction of sp³-hybridized carbons (Fsp3) is 0.118. The number of halogens is 1. The molecule has 0 fully saturated rings. The predicted molar refractivity (Wildman–Crippen MR) is 85.1 cm³/mol. The average Bonchev–Trinajstić information content (AvgIpc) is 2.56. The molecule has 0 spiro atoms. The van der Waals surface area contributed by atoms with Crippen LogP contribution < -0.4 is 0 Å². The number of rotatable bonds is 3. The number of benzene rings is 2. The molecule has 3 rings (SSSR count). The van der Waals surface area contributed by atoms with E-state index in [0.29, 0.717) is 16.7 Å². The topological polar surface area (TPSA) is 38.7 Å². The number of hydrogen-bond acceptors (Lipinski definition) is 3. The molecule has 4 heteroatoms. The van der Waals surface area contributed by atoms with Crippen molar-refractivity contribution < 1.29 is 0 Å². The highest BCUT2D eigenvalue weighted by atomic mass is 35.5. The zero-order chi connectivity index (χ0) is 14.7. The Balaban J connectivity index is 2.11. The second-order valence-corrected chi connectivity index (χ2v) is 5.06. The van der Waals surface area contributed by atoms with Gasteiger partial charge in [-0.3, -0.25) is 0 Å². The molecule has 0 aliphatic carbocycles. The van der Waals surface area contributed by atoms with Crippen LogP contribution >= 0.6 is 11.6 Å². The van der Waals surface area contributed by atoms with Gasteiger partial charge >= 0.3 is 0 Å². The van der Waals surface area contributed by atoms with E-state index < -0.39 is 0 Å². The number of hydrogen-bond donors (Lipinski definition) is 0. The summed E-state index contributed by atoms with van der Waals surface area (Å²) >= 11 is 5.93. The number of aromatic nitrogens is 3. The Morgan fingerprint density at radius 2 is 1.33 bits per heavy atom. The van der Waals surface area contributed by atoms with Gasteiger partial charge in [0.1, 0.15) is 5.82 Å². The van der Waals surface area contributed by atoms with Crippen LogP contribution in [-0.2, 0) is 6.42 Å². The first kappa shape index (κ1) is 13.7. The van der Waals surface area contributed by atoms with Crippen molar-refractivity contribution in [2.24, 2.45) is 0 Å². The van der Waals surface area contributed by atoms with Gasteiger partial charge in [0.25, 0.3) is 0 Å². The first-order valence-electron chi connectivity index (χ1n) is 6.82. The van der Waals surface area contributed by atoms with Gasteiger partial charge in [0.05, 0.1) is 0 Å². The monoisotopic (exact) mass is 295 g/mol. The zero-order valence-corrected chi connectivity index (χ0v) is 12.4. The van der Waals surface area contributed by atoms with Crippen molar-refractivity contribution in [1.82, 2.24) is 15.0 Å². The van der Waals surface area contributed by atoms with Gasteiger partial charge in [-0.15, -0.1) is 0 Å². The highest BCUT2D eigenvalue weighted by molar-refractivity contribution is 6.30. The first-order chi connectivity index (χ1) is 10.3. The highest BCUT2D eigenvalue weighted by Crippen LogP contribution is 2.21. The Labute approximate surface area is 128 Å². The van der Waals surface area contributed by atoms with E-state index in [2.05, 4.69) is 15.0 Å². The normalized spacial score (nSPS) is 10.6. The second-order valence-electron chi connectivity index (χ2n) is 4.63. The van der Waals surface area contributed by atoms with Gasteiger partial charge in [0.2, 0.25) is 0 Å². The molecule has 3 nitrogen and oxygen atoms in total. The lowest BCUT2D eigenvalue weighted by molar-refractivity contribution is 0.910.